The lowest BCUT2D eigenvalue weighted by molar-refractivity contribution is 0.355. The lowest BCUT2D eigenvalue weighted by Crippen LogP contribution is -2.17. The van der Waals surface area contributed by atoms with Crippen molar-refractivity contribution in [3.05, 3.63) is 23.8 Å². The maximum absolute atomic E-state index is 5.26. The molecule has 5 heteroatoms. The first kappa shape index (κ1) is 14.4. The first-order valence-electron chi connectivity index (χ1n) is 6.88. The fraction of sp³-hybridized carbons (Fsp3) is 0.467. The summed E-state index contributed by atoms with van der Waals surface area (Å²) >= 11 is 0. The molecule has 2 rings (SSSR count). The molecule has 0 saturated heterocycles. The van der Waals surface area contributed by atoms with Crippen molar-refractivity contribution in [2.75, 3.05) is 20.8 Å². The van der Waals surface area contributed by atoms with E-state index in [1.54, 1.807) is 20.4 Å². The SMILES string of the molecule is COc1ccc(C=NNC2=NCCCCC2)cc1OC. The van der Waals surface area contributed by atoms with Crippen molar-refractivity contribution in [1.29, 1.82) is 0 Å². The van der Waals surface area contributed by atoms with E-state index in [9.17, 15) is 0 Å². The van der Waals surface area contributed by atoms with E-state index in [1.807, 2.05) is 18.2 Å². The molecule has 1 aliphatic heterocycles. The molecule has 0 bridgehead atoms. The molecule has 0 radical (unpaired) electrons. The van der Waals surface area contributed by atoms with Crippen LogP contribution in [-0.2, 0) is 0 Å². The van der Waals surface area contributed by atoms with Gasteiger partial charge in [-0.3, -0.25) is 10.4 Å². The predicted molar refractivity (Wildman–Crippen MR) is 81.0 cm³/mol. The van der Waals surface area contributed by atoms with E-state index in [4.69, 9.17) is 9.47 Å². The van der Waals surface area contributed by atoms with Gasteiger partial charge in [-0.15, -0.1) is 0 Å². The number of hydrogen-bond acceptors (Lipinski definition) is 5. The van der Waals surface area contributed by atoms with Crippen LogP contribution in [0.1, 0.15) is 31.2 Å². The van der Waals surface area contributed by atoms with Crippen molar-refractivity contribution >= 4 is 12.1 Å². The molecule has 0 amide bonds. The first-order chi connectivity index (χ1) is 9.83. The average molecular weight is 275 g/mol. The smallest absolute Gasteiger partial charge is 0.161 e. The van der Waals surface area contributed by atoms with Crippen molar-refractivity contribution in [2.45, 2.75) is 25.7 Å². The molecule has 5 nitrogen and oxygen atoms in total. The maximum Gasteiger partial charge on any atom is 0.161 e. The lowest BCUT2D eigenvalue weighted by atomic mass is 10.2. The second-order valence-electron chi connectivity index (χ2n) is 4.62. The second kappa shape index (κ2) is 7.53. The Balaban J connectivity index is 1.98. The number of hydrogen-bond donors (Lipinski definition) is 1. The number of rotatable bonds is 4. The minimum atomic E-state index is 0.697. The molecule has 108 valence electrons. The molecule has 1 aromatic rings. The van der Waals surface area contributed by atoms with Gasteiger partial charge in [0.1, 0.15) is 5.84 Å². The van der Waals surface area contributed by atoms with Crippen molar-refractivity contribution in [2.24, 2.45) is 10.1 Å². The predicted octanol–water partition coefficient (Wildman–Crippen LogP) is 2.60. The molecule has 0 saturated carbocycles. The Morgan fingerprint density at radius 3 is 2.80 bits per heavy atom. The fourth-order valence-electron chi connectivity index (χ4n) is 2.08. The van der Waals surface area contributed by atoms with Crippen molar-refractivity contribution in [3.63, 3.8) is 0 Å². The minimum absolute atomic E-state index is 0.697. The number of nitrogens with zero attached hydrogens (tertiary/aromatic N) is 2. The maximum atomic E-state index is 5.26. The number of hydrazone groups is 1. The molecule has 1 aliphatic rings. The molecule has 0 spiro atoms. The molecule has 1 aromatic carbocycles. The van der Waals surface area contributed by atoms with Crippen LogP contribution in [0.5, 0.6) is 11.5 Å². The topological polar surface area (TPSA) is 55.2 Å². The normalized spacial score (nSPS) is 15.6. The molecule has 0 aliphatic carbocycles. The van der Waals surface area contributed by atoms with Gasteiger partial charge in [0, 0.05) is 13.0 Å². The van der Waals surface area contributed by atoms with Crippen LogP contribution >= 0.6 is 0 Å². The monoisotopic (exact) mass is 275 g/mol. The number of amidine groups is 1. The highest BCUT2D eigenvalue weighted by atomic mass is 16.5. The molecule has 0 fully saturated rings. The van der Waals surface area contributed by atoms with Crippen LogP contribution in [0.3, 0.4) is 0 Å². The van der Waals surface area contributed by atoms with Gasteiger partial charge in [-0.25, -0.2) is 0 Å². The highest BCUT2D eigenvalue weighted by Crippen LogP contribution is 2.26. The van der Waals surface area contributed by atoms with E-state index in [1.165, 1.54) is 19.3 Å². The van der Waals surface area contributed by atoms with Gasteiger partial charge in [0.05, 0.1) is 20.4 Å². The van der Waals surface area contributed by atoms with Gasteiger partial charge in [-0.2, -0.15) is 5.10 Å². The first-order valence-corrected chi connectivity index (χ1v) is 6.88. The largest absolute Gasteiger partial charge is 0.493 e. The number of methoxy groups -OCH3 is 2. The van der Waals surface area contributed by atoms with E-state index in [0.29, 0.717) is 11.5 Å². The van der Waals surface area contributed by atoms with Crippen LogP contribution in [0.4, 0.5) is 0 Å². The van der Waals surface area contributed by atoms with E-state index in [2.05, 4.69) is 15.5 Å². The molecule has 0 aromatic heterocycles. The van der Waals surface area contributed by atoms with Gasteiger partial charge in [0.25, 0.3) is 0 Å². The van der Waals surface area contributed by atoms with Crippen LogP contribution in [0, 0.1) is 0 Å². The highest BCUT2D eigenvalue weighted by Gasteiger charge is 2.04. The summed E-state index contributed by atoms with van der Waals surface area (Å²) in [6.07, 6.45) is 6.33. The Morgan fingerprint density at radius 2 is 2.00 bits per heavy atom. The minimum Gasteiger partial charge on any atom is -0.493 e. The Morgan fingerprint density at radius 1 is 1.15 bits per heavy atom. The third kappa shape index (κ3) is 3.98. The average Bonchev–Trinajstić information content (AvgIpc) is 2.76. The molecule has 1 N–H and O–H groups in total. The molecular weight excluding hydrogens is 254 g/mol. The Kier molecular flexibility index (Phi) is 5.41. The van der Waals surface area contributed by atoms with Gasteiger partial charge in [0.2, 0.25) is 0 Å². The number of aliphatic imine (C=N–C) groups is 1. The zero-order valence-corrected chi connectivity index (χ0v) is 12.1. The van der Waals surface area contributed by atoms with Crippen molar-refractivity contribution < 1.29 is 9.47 Å². The number of nitrogens with one attached hydrogen (secondary N) is 1. The molecule has 20 heavy (non-hydrogen) atoms. The van der Waals surface area contributed by atoms with E-state index in [0.717, 1.165) is 24.4 Å². The van der Waals surface area contributed by atoms with E-state index >= 15 is 0 Å². The summed E-state index contributed by atoms with van der Waals surface area (Å²) in [5, 5.41) is 4.24. The highest BCUT2D eigenvalue weighted by molar-refractivity contribution is 5.85. The summed E-state index contributed by atoms with van der Waals surface area (Å²) in [6, 6.07) is 5.68. The van der Waals surface area contributed by atoms with E-state index < -0.39 is 0 Å². The zero-order chi connectivity index (χ0) is 14.2. The summed E-state index contributed by atoms with van der Waals surface area (Å²) in [5.41, 5.74) is 3.97. The van der Waals surface area contributed by atoms with Crippen LogP contribution in [-0.4, -0.2) is 32.8 Å². The standard InChI is InChI=1S/C15H21N3O2/c1-19-13-8-7-12(10-14(13)20-2)11-17-18-15-6-4-3-5-9-16-15/h7-8,10-11H,3-6,9H2,1-2H3,(H,16,18). The second-order valence-corrected chi connectivity index (χ2v) is 4.62. The van der Waals surface area contributed by atoms with Crippen LogP contribution in [0.15, 0.2) is 28.3 Å². The summed E-state index contributed by atoms with van der Waals surface area (Å²) in [6.45, 7) is 0.897. The van der Waals surface area contributed by atoms with Gasteiger partial charge < -0.3 is 9.47 Å². The third-order valence-electron chi connectivity index (χ3n) is 3.19. The lowest BCUT2D eigenvalue weighted by Gasteiger charge is -2.07. The Hall–Kier alpha value is -2.04. The number of ether oxygens (including phenoxy) is 2. The van der Waals surface area contributed by atoms with Gasteiger partial charge in [-0.1, -0.05) is 6.42 Å². The summed E-state index contributed by atoms with van der Waals surface area (Å²) < 4.78 is 10.5. The zero-order valence-electron chi connectivity index (χ0n) is 12.1. The van der Waals surface area contributed by atoms with Gasteiger partial charge in [0.15, 0.2) is 11.5 Å². The summed E-state index contributed by atoms with van der Waals surface area (Å²) in [7, 11) is 3.24. The molecule has 0 unspecified atom stereocenters. The van der Waals surface area contributed by atoms with Crippen molar-refractivity contribution in [3.8, 4) is 11.5 Å². The summed E-state index contributed by atoms with van der Waals surface area (Å²) in [5.74, 6) is 2.38. The Bertz CT molecular complexity index is 498. The van der Waals surface area contributed by atoms with Gasteiger partial charge >= 0.3 is 0 Å². The molecular formula is C15H21N3O2. The molecule has 1 heterocycles. The quantitative estimate of drug-likeness (QED) is 0.679. The van der Waals surface area contributed by atoms with Crippen LogP contribution in [0.25, 0.3) is 0 Å². The fourth-order valence-corrected chi connectivity index (χ4v) is 2.08. The van der Waals surface area contributed by atoms with Crippen molar-refractivity contribution in [1.82, 2.24) is 5.43 Å². The van der Waals surface area contributed by atoms with Crippen LogP contribution < -0.4 is 14.9 Å². The van der Waals surface area contributed by atoms with E-state index in [-0.39, 0.29) is 0 Å². The van der Waals surface area contributed by atoms with Crippen LogP contribution in [0.2, 0.25) is 0 Å². The Labute approximate surface area is 119 Å². The van der Waals surface area contributed by atoms with Gasteiger partial charge in [-0.05, 0) is 36.6 Å². The summed E-state index contributed by atoms with van der Waals surface area (Å²) in [4.78, 5) is 4.46. The third-order valence-corrected chi connectivity index (χ3v) is 3.19. The molecule has 0 atom stereocenters. The number of benzene rings is 1.